The first-order valence-electron chi connectivity index (χ1n) is 5.91. The second-order valence-electron chi connectivity index (χ2n) is 4.36. The molecule has 0 saturated heterocycles. The Hall–Kier alpha value is -2.82. The average molecular weight is 271 g/mol. The monoisotopic (exact) mass is 271 g/mol. The Labute approximate surface area is 115 Å². The maximum atomic E-state index is 12.0. The van der Waals surface area contributed by atoms with Gasteiger partial charge in [0.25, 0.3) is 5.91 Å². The molecular formula is C15H13NO4. The van der Waals surface area contributed by atoms with E-state index >= 15 is 0 Å². The standard InChI is InChI=1S/C15H13NO4/c1-9-3-2-4-10(7-9)14(18)16-11-5-6-13(17)12(8-11)15(19)20/h2-8,17H,1H3,(H,16,18)(H,19,20). The van der Waals surface area contributed by atoms with Crippen molar-refractivity contribution in [2.24, 2.45) is 0 Å². The summed E-state index contributed by atoms with van der Waals surface area (Å²) in [5.41, 5.74) is 1.49. The van der Waals surface area contributed by atoms with Gasteiger partial charge in [-0.15, -0.1) is 0 Å². The number of phenols is 1. The third-order valence-corrected chi connectivity index (χ3v) is 2.77. The highest BCUT2D eigenvalue weighted by Crippen LogP contribution is 2.22. The minimum absolute atomic E-state index is 0.257. The van der Waals surface area contributed by atoms with E-state index in [1.807, 2.05) is 13.0 Å². The van der Waals surface area contributed by atoms with Crippen molar-refractivity contribution in [3.05, 3.63) is 59.2 Å². The summed E-state index contributed by atoms with van der Waals surface area (Å²) in [6.07, 6.45) is 0. The van der Waals surface area contributed by atoms with E-state index in [2.05, 4.69) is 5.32 Å². The van der Waals surface area contributed by atoms with Crippen LogP contribution in [0.2, 0.25) is 0 Å². The average Bonchev–Trinajstić information content (AvgIpc) is 2.40. The number of carbonyl (C=O) groups is 2. The number of hydrogen-bond donors (Lipinski definition) is 3. The molecule has 0 aromatic heterocycles. The zero-order chi connectivity index (χ0) is 14.7. The normalized spacial score (nSPS) is 10.1. The lowest BCUT2D eigenvalue weighted by atomic mass is 10.1. The van der Waals surface area contributed by atoms with Crippen LogP contribution < -0.4 is 5.32 Å². The maximum absolute atomic E-state index is 12.0. The highest BCUT2D eigenvalue weighted by atomic mass is 16.4. The molecular weight excluding hydrogens is 258 g/mol. The zero-order valence-electron chi connectivity index (χ0n) is 10.8. The number of aromatic hydroxyl groups is 1. The Balaban J connectivity index is 2.24. The quantitative estimate of drug-likeness (QED) is 0.749. The molecule has 0 spiro atoms. The van der Waals surface area contributed by atoms with Gasteiger partial charge >= 0.3 is 5.97 Å². The molecule has 0 aliphatic carbocycles. The zero-order valence-corrected chi connectivity index (χ0v) is 10.8. The lowest BCUT2D eigenvalue weighted by molar-refractivity contribution is 0.0693. The molecule has 5 heteroatoms. The smallest absolute Gasteiger partial charge is 0.339 e. The number of aryl methyl sites for hydroxylation is 1. The van der Waals surface area contributed by atoms with E-state index in [4.69, 9.17) is 5.11 Å². The van der Waals surface area contributed by atoms with E-state index in [0.29, 0.717) is 11.3 Å². The van der Waals surface area contributed by atoms with Crippen LogP contribution in [0.25, 0.3) is 0 Å². The first-order chi connectivity index (χ1) is 9.47. The molecule has 2 aromatic rings. The van der Waals surface area contributed by atoms with Gasteiger partial charge in [0.1, 0.15) is 11.3 Å². The minimum Gasteiger partial charge on any atom is -0.507 e. The Morgan fingerprint density at radius 3 is 2.50 bits per heavy atom. The molecule has 2 aromatic carbocycles. The van der Waals surface area contributed by atoms with Gasteiger partial charge in [0, 0.05) is 11.3 Å². The van der Waals surface area contributed by atoms with Gasteiger partial charge in [0.05, 0.1) is 0 Å². The number of aromatic carboxylic acids is 1. The summed E-state index contributed by atoms with van der Waals surface area (Å²) in [5.74, 6) is -1.93. The van der Waals surface area contributed by atoms with Crippen molar-refractivity contribution in [1.82, 2.24) is 0 Å². The third-order valence-electron chi connectivity index (χ3n) is 2.77. The molecule has 3 N–H and O–H groups in total. The topological polar surface area (TPSA) is 86.6 Å². The van der Waals surface area contributed by atoms with Crippen LogP contribution in [-0.2, 0) is 0 Å². The van der Waals surface area contributed by atoms with Crippen LogP contribution in [0.4, 0.5) is 5.69 Å². The molecule has 0 heterocycles. The molecule has 0 radical (unpaired) electrons. The van der Waals surface area contributed by atoms with E-state index < -0.39 is 5.97 Å². The van der Waals surface area contributed by atoms with Crippen LogP contribution in [-0.4, -0.2) is 22.1 Å². The van der Waals surface area contributed by atoms with E-state index in [-0.39, 0.29) is 17.2 Å². The molecule has 102 valence electrons. The third kappa shape index (κ3) is 2.95. The summed E-state index contributed by atoms with van der Waals surface area (Å²) in [7, 11) is 0. The number of carboxylic acid groups (broad SMARTS) is 1. The molecule has 1 amide bonds. The summed E-state index contributed by atoms with van der Waals surface area (Å²) >= 11 is 0. The molecule has 0 aliphatic heterocycles. The van der Waals surface area contributed by atoms with Gasteiger partial charge < -0.3 is 15.5 Å². The molecule has 2 rings (SSSR count). The Morgan fingerprint density at radius 2 is 1.85 bits per heavy atom. The summed E-state index contributed by atoms with van der Waals surface area (Å²) < 4.78 is 0. The first kappa shape index (κ1) is 13.6. The highest BCUT2D eigenvalue weighted by molar-refractivity contribution is 6.05. The Kier molecular flexibility index (Phi) is 3.70. The molecule has 0 bridgehead atoms. The molecule has 0 saturated carbocycles. The van der Waals surface area contributed by atoms with Crippen molar-refractivity contribution < 1.29 is 19.8 Å². The fraction of sp³-hybridized carbons (Fsp3) is 0.0667. The molecule has 0 fully saturated rings. The molecule has 0 unspecified atom stereocenters. The van der Waals surface area contributed by atoms with Gasteiger partial charge in [0.15, 0.2) is 0 Å². The first-order valence-corrected chi connectivity index (χ1v) is 5.91. The van der Waals surface area contributed by atoms with Crippen molar-refractivity contribution in [3.8, 4) is 5.75 Å². The second kappa shape index (κ2) is 5.44. The Bertz CT molecular complexity index is 679. The number of hydrogen-bond acceptors (Lipinski definition) is 3. The largest absolute Gasteiger partial charge is 0.507 e. The number of nitrogens with one attached hydrogen (secondary N) is 1. The van der Waals surface area contributed by atoms with Crippen molar-refractivity contribution in [2.75, 3.05) is 5.32 Å². The Morgan fingerprint density at radius 1 is 1.10 bits per heavy atom. The lowest BCUT2D eigenvalue weighted by Crippen LogP contribution is -2.12. The SMILES string of the molecule is Cc1cccc(C(=O)Nc2ccc(O)c(C(=O)O)c2)c1. The predicted octanol–water partition coefficient (Wildman–Crippen LogP) is 2.65. The summed E-state index contributed by atoms with van der Waals surface area (Å²) in [6.45, 7) is 1.87. The summed E-state index contributed by atoms with van der Waals surface area (Å²) in [4.78, 5) is 22.9. The lowest BCUT2D eigenvalue weighted by Gasteiger charge is -2.07. The van der Waals surface area contributed by atoms with Gasteiger partial charge in [-0.2, -0.15) is 0 Å². The van der Waals surface area contributed by atoms with Crippen molar-refractivity contribution in [3.63, 3.8) is 0 Å². The molecule has 5 nitrogen and oxygen atoms in total. The van der Waals surface area contributed by atoms with Gasteiger partial charge in [-0.3, -0.25) is 4.79 Å². The fourth-order valence-electron chi connectivity index (χ4n) is 1.77. The fourth-order valence-corrected chi connectivity index (χ4v) is 1.77. The predicted molar refractivity (Wildman–Crippen MR) is 74.2 cm³/mol. The van der Waals surface area contributed by atoms with Crippen LogP contribution in [0.5, 0.6) is 5.75 Å². The van der Waals surface area contributed by atoms with Gasteiger partial charge in [0.2, 0.25) is 0 Å². The van der Waals surface area contributed by atoms with E-state index in [9.17, 15) is 14.7 Å². The number of rotatable bonds is 3. The van der Waals surface area contributed by atoms with Crippen molar-refractivity contribution >= 4 is 17.6 Å². The molecule has 20 heavy (non-hydrogen) atoms. The molecule has 0 atom stereocenters. The number of anilines is 1. The number of carbonyl (C=O) groups excluding carboxylic acids is 1. The number of carboxylic acids is 1. The molecule has 0 aliphatic rings. The maximum Gasteiger partial charge on any atom is 0.339 e. The van der Waals surface area contributed by atoms with E-state index in [1.54, 1.807) is 18.2 Å². The van der Waals surface area contributed by atoms with Crippen LogP contribution in [0.15, 0.2) is 42.5 Å². The van der Waals surface area contributed by atoms with Crippen LogP contribution >= 0.6 is 0 Å². The van der Waals surface area contributed by atoms with Crippen molar-refractivity contribution in [2.45, 2.75) is 6.92 Å². The van der Waals surface area contributed by atoms with Gasteiger partial charge in [-0.1, -0.05) is 17.7 Å². The summed E-state index contributed by atoms with van der Waals surface area (Å²) in [5, 5.41) is 20.9. The van der Waals surface area contributed by atoms with Gasteiger partial charge in [-0.05, 0) is 37.3 Å². The summed E-state index contributed by atoms with van der Waals surface area (Å²) in [6, 6.07) is 10.9. The van der Waals surface area contributed by atoms with Crippen LogP contribution in [0.3, 0.4) is 0 Å². The van der Waals surface area contributed by atoms with Gasteiger partial charge in [-0.25, -0.2) is 4.79 Å². The number of amides is 1. The minimum atomic E-state index is -1.26. The van der Waals surface area contributed by atoms with E-state index in [0.717, 1.165) is 5.56 Å². The van der Waals surface area contributed by atoms with Crippen LogP contribution in [0, 0.1) is 6.92 Å². The van der Waals surface area contributed by atoms with Crippen molar-refractivity contribution in [1.29, 1.82) is 0 Å². The second-order valence-corrected chi connectivity index (χ2v) is 4.36. The highest BCUT2D eigenvalue weighted by Gasteiger charge is 2.12. The van der Waals surface area contributed by atoms with Crippen LogP contribution in [0.1, 0.15) is 26.3 Å². The van der Waals surface area contributed by atoms with E-state index in [1.165, 1.54) is 18.2 Å². The number of benzene rings is 2.